The highest BCUT2D eigenvalue weighted by atomic mass is 79.9. The monoisotopic (exact) mass is 398 g/mol. The van der Waals surface area contributed by atoms with Crippen LogP contribution in [0.4, 0.5) is 14.5 Å². The number of halogens is 3. The quantitative estimate of drug-likeness (QED) is 0.762. The summed E-state index contributed by atoms with van der Waals surface area (Å²) in [6.07, 6.45) is 0. The van der Waals surface area contributed by atoms with Crippen LogP contribution < -0.4 is 10.1 Å². The Labute approximate surface area is 147 Å². The van der Waals surface area contributed by atoms with Crippen LogP contribution in [0.2, 0.25) is 0 Å². The van der Waals surface area contributed by atoms with Gasteiger partial charge in [0.1, 0.15) is 5.75 Å². The zero-order valence-electron chi connectivity index (χ0n) is 13.0. The highest BCUT2D eigenvalue weighted by molar-refractivity contribution is 9.10. The largest absolute Gasteiger partial charge is 0.434 e. The van der Waals surface area contributed by atoms with Crippen LogP contribution in [0.1, 0.15) is 5.56 Å². The van der Waals surface area contributed by atoms with Gasteiger partial charge in [0.25, 0.3) is 0 Å². The average molecular weight is 399 g/mol. The molecule has 0 unspecified atom stereocenters. The van der Waals surface area contributed by atoms with Gasteiger partial charge < -0.3 is 10.1 Å². The van der Waals surface area contributed by atoms with Crippen LogP contribution in [0.15, 0.2) is 53.0 Å². The molecular weight excluding hydrogens is 382 g/mol. The first-order valence-electron chi connectivity index (χ1n) is 7.20. The van der Waals surface area contributed by atoms with E-state index in [4.69, 9.17) is 0 Å². The zero-order valence-corrected chi connectivity index (χ0v) is 14.6. The van der Waals surface area contributed by atoms with Crippen molar-refractivity contribution in [2.24, 2.45) is 0 Å². The van der Waals surface area contributed by atoms with E-state index in [0.717, 1.165) is 4.47 Å². The number of hydrogen-bond donors (Lipinski definition) is 1. The standard InChI is InChI=1S/C17H17BrF2N2O2/c1-22(11-16(23)21-14-5-3-2-4-6-14)10-12-9-13(18)7-8-15(12)24-17(19)20/h2-9,17H,10-11H2,1H3,(H,21,23). The van der Waals surface area contributed by atoms with Gasteiger partial charge in [-0.3, -0.25) is 9.69 Å². The molecule has 128 valence electrons. The summed E-state index contributed by atoms with van der Waals surface area (Å²) in [4.78, 5) is 13.8. The third kappa shape index (κ3) is 5.90. The van der Waals surface area contributed by atoms with Crippen molar-refractivity contribution in [1.29, 1.82) is 0 Å². The molecule has 0 aromatic heterocycles. The molecule has 2 aromatic rings. The highest BCUT2D eigenvalue weighted by Crippen LogP contribution is 2.25. The van der Waals surface area contributed by atoms with Crippen molar-refractivity contribution in [3.05, 3.63) is 58.6 Å². The number of benzene rings is 2. The van der Waals surface area contributed by atoms with Crippen LogP contribution in [0.25, 0.3) is 0 Å². The topological polar surface area (TPSA) is 41.6 Å². The van der Waals surface area contributed by atoms with Crippen molar-refractivity contribution in [1.82, 2.24) is 4.90 Å². The zero-order chi connectivity index (χ0) is 17.5. The Bertz CT molecular complexity index is 684. The van der Waals surface area contributed by atoms with Gasteiger partial charge in [0.15, 0.2) is 0 Å². The summed E-state index contributed by atoms with van der Waals surface area (Å²) in [6, 6.07) is 13.9. The van der Waals surface area contributed by atoms with Gasteiger partial charge in [0.2, 0.25) is 5.91 Å². The maximum absolute atomic E-state index is 12.5. The van der Waals surface area contributed by atoms with Crippen LogP contribution in [-0.4, -0.2) is 31.0 Å². The number of ether oxygens (including phenoxy) is 1. The van der Waals surface area contributed by atoms with E-state index >= 15 is 0 Å². The number of alkyl halides is 2. The van der Waals surface area contributed by atoms with Gasteiger partial charge in [-0.05, 0) is 37.4 Å². The molecule has 0 aliphatic carbocycles. The average Bonchev–Trinajstić information content (AvgIpc) is 2.50. The molecule has 2 rings (SSSR count). The molecular formula is C17H17BrF2N2O2. The van der Waals surface area contributed by atoms with Crippen molar-refractivity contribution >= 4 is 27.5 Å². The molecule has 4 nitrogen and oxygen atoms in total. The lowest BCUT2D eigenvalue weighted by Gasteiger charge is -2.19. The molecule has 0 aliphatic rings. The Kier molecular flexibility index (Phi) is 6.69. The summed E-state index contributed by atoms with van der Waals surface area (Å²) in [5.74, 6) is -0.0847. The third-order valence-electron chi connectivity index (χ3n) is 3.15. The molecule has 1 amide bonds. The number of rotatable bonds is 7. The maximum Gasteiger partial charge on any atom is 0.387 e. The van der Waals surface area contributed by atoms with E-state index in [0.29, 0.717) is 17.8 Å². The summed E-state index contributed by atoms with van der Waals surface area (Å²) in [5, 5.41) is 2.78. The molecule has 0 atom stereocenters. The first kappa shape index (κ1) is 18.4. The third-order valence-corrected chi connectivity index (χ3v) is 3.64. The first-order chi connectivity index (χ1) is 11.4. The van der Waals surface area contributed by atoms with E-state index in [9.17, 15) is 13.6 Å². The van der Waals surface area contributed by atoms with Crippen molar-refractivity contribution in [3.8, 4) is 5.75 Å². The van der Waals surface area contributed by atoms with Crippen molar-refractivity contribution in [2.45, 2.75) is 13.2 Å². The summed E-state index contributed by atoms with van der Waals surface area (Å²) < 4.78 is 30.2. The minimum absolute atomic E-state index is 0.100. The first-order valence-corrected chi connectivity index (χ1v) is 8.00. The van der Waals surface area contributed by atoms with E-state index in [1.165, 1.54) is 6.07 Å². The van der Waals surface area contributed by atoms with Gasteiger partial charge in [0, 0.05) is 22.3 Å². The second kappa shape index (κ2) is 8.75. The van der Waals surface area contributed by atoms with E-state index in [1.807, 2.05) is 18.2 Å². The Morgan fingerprint density at radius 2 is 1.96 bits per heavy atom. The lowest BCUT2D eigenvalue weighted by Crippen LogP contribution is -2.30. The molecule has 0 radical (unpaired) electrons. The summed E-state index contributed by atoms with van der Waals surface area (Å²) in [7, 11) is 1.73. The number of likely N-dealkylation sites (N-methyl/N-ethyl adjacent to an activating group) is 1. The molecule has 0 fully saturated rings. The predicted molar refractivity (Wildman–Crippen MR) is 92.2 cm³/mol. The predicted octanol–water partition coefficient (Wildman–Crippen LogP) is 4.12. The number of carbonyl (C=O) groups excluding carboxylic acids is 1. The van der Waals surface area contributed by atoms with E-state index in [-0.39, 0.29) is 18.2 Å². The van der Waals surface area contributed by atoms with Crippen molar-refractivity contribution in [2.75, 3.05) is 18.9 Å². The SMILES string of the molecule is CN(CC(=O)Nc1ccccc1)Cc1cc(Br)ccc1OC(F)F. The molecule has 1 N–H and O–H groups in total. The maximum atomic E-state index is 12.5. The van der Waals surface area contributed by atoms with Gasteiger partial charge in [-0.2, -0.15) is 8.78 Å². The lowest BCUT2D eigenvalue weighted by molar-refractivity contribution is -0.117. The van der Waals surface area contributed by atoms with Crippen LogP contribution in [0, 0.1) is 0 Å². The van der Waals surface area contributed by atoms with Crippen LogP contribution in [0.3, 0.4) is 0 Å². The van der Waals surface area contributed by atoms with Crippen molar-refractivity contribution < 1.29 is 18.3 Å². The number of nitrogens with one attached hydrogen (secondary N) is 1. The highest BCUT2D eigenvalue weighted by Gasteiger charge is 2.14. The number of hydrogen-bond acceptors (Lipinski definition) is 3. The smallest absolute Gasteiger partial charge is 0.387 e. The minimum Gasteiger partial charge on any atom is -0.434 e. The van der Waals surface area contributed by atoms with E-state index < -0.39 is 6.61 Å². The van der Waals surface area contributed by atoms with Crippen LogP contribution in [0.5, 0.6) is 5.75 Å². The summed E-state index contributed by atoms with van der Waals surface area (Å²) >= 11 is 3.31. The van der Waals surface area contributed by atoms with Crippen molar-refractivity contribution in [3.63, 3.8) is 0 Å². The van der Waals surface area contributed by atoms with E-state index in [2.05, 4.69) is 26.0 Å². The molecule has 0 aliphatic heterocycles. The molecule has 0 bridgehead atoms. The fourth-order valence-electron chi connectivity index (χ4n) is 2.20. The van der Waals surface area contributed by atoms with Crippen LogP contribution >= 0.6 is 15.9 Å². The molecule has 0 saturated carbocycles. The number of para-hydroxylation sites is 1. The molecule has 7 heteroatoms. The number of amides is 1. The second-order valence-electron chi connectivity index (χ2n) is 5.22. The summed E-state index contributed by atoms with van der Waals surface area (Å²) in [6.45, 7) is -2.48. The van der Waals surface area contributed by atoms with Gasteiger partial charge in [0.05, 0.1) is 6.54 Å². The molecule has 0 spiro atoms. The fourth-order valence-corrected chi connectivity index (χ4v) is 2.60. The van der Waals surface area contributed by atoms with Gasteiger partial charge in [-0.15, -0.1) is 0 Å². The number of nitrogens with zero attached hydrogens (tertiary/aromatic N) is 1. The Morgan fingerprint density at radius 1 is 1.25 bits per heavy atom. The van der Waals surface area contributed by atoms with Crippen LogP contribution in [-0.2, 0) is 11.3 Å². The normalized spacial score (nSPS) is 10.9. The summed E-state index contributed by atoms with van der Waals surface area (Å²) in [5.41, 5.74) is 1.28. The molecule has 24 heavy (non-hydrogen) atoms. The van der Waals surface area contributed by atoms with Gasteiger partial charge in [-0.25, -0.2) is 0 Å². The Balaban J connectivity index is 1.97. The second-order valence-corrected chi connectivity index (χ2v) is 6.13. The number of carbonyl (C=O) groups is 1. The lowest BCUT2D eigenvalue weighted by atomic mass is 10.2. The minimum atomic E-state index is -2.89. The van der Waals surface area contributed by atoms with Gasteiger partial charge in [-0.1, -0.05) is 34.1 Å². The fraction of sp³-hybridized carbons (Fsp3) is 0.235. The molecule has 0 heterocycles. The number of anilines is 1. The van der Waals surface area contributed by atoms with Gasteiger partial charge >= 0.3 is 6.61 Å². The molecule has 0 saturated heterocycles. The Morgan fingerprint density at radius 3 is 2.62 bits per heavy atom. The molecule has 2 aromatic carbocycles. The van der Waals surface area contributed by atoms with E-state index in [1.54, 1.807) is 36.2 Å². The Hall–Kier alpha value is -1.99.